The molecule has 0 saturated carbocycles. The largest absolute Gasteiger partial charge is 0.495 e. The number of rotatable bonds is 5. The number of halogens is 1. The second kappa shape index (κ2) is 8.17. The van der Waals surface area contributed by atoms with Gasteiger partial charge in [0.1, 0.15) is 5.75 Å². The Balaban J connectivity index is 1.92. The zero-order valence-corrected chi connectivity index (χ0v) is 14.2. The van der Waals surface area contributed by atoms with E-state index in [9.17, 15) is 9.59 Å². The quantitative estimate of drug-likeness (QED) is 0.859. The lowest BCUT2D eigenvalue weighted by Gasteiger charge is -2.32. The minimum absolute atomic E-state index is 0.0371. The average Bonchev–Trinajstić information content (AvgIpc) is 2.47. The molecule has 1 atom stereocenters. The molecular weight excluding hydrogens is 318 g/mol. The Labute approximate surface area is 141 Å². The number of carbonyl (C=O) groups is 2. The van der Waals surface area contributed by atoms with Crippen LogP contribution in [0.4, 0.5) is 5.69 Å². The highest BCUT2D eigenvalue weighted by atomic mass is 35.5. The molecular formula is C16H22ClN3O3. The minimum atomic E-state index is -0.131. The van der Waals surface area contributed by atoms with E-state index in [-0.39, 0.29) is 24.4 Å². The van der Waals surface area contributed by atoms with Crippen LogP contribution in [0.1, 0.15) is 19.8 Å². The normalized spacial score (nSPS) is 18.3. The first-order chi connectivity index (χ1) is 11.0. The molecule has 1 aromatic carbocycles. The number of nitrogens with one attached hydrogen (secondary N) is 2. The van der Waals surface area contributed by atoms with Crippen LogP contribution in [0.2, 0.25) is 5.02 Å². The number of amides is 2. The summed E-state index contributed by atoms with van der Waals surface area (Å²) in [6.45, 7) is 3.30. The molecule has 23 heavy (non-hydrogen) atoms. The average molecular weight is 340 g/mol. The van der Waals surface area contributed by atoms with Gasteiger partial charge in [-0.05, 0) is 37.6 Å². The molecule has 1 aliphatic rings. The third kappa shape index (κ3) is 5.41. The Kier molecular flexibility index (Phi) is 6.24. The lowest BCUT2D eigenvalue weighted by molar-refractivity contribution is -0.120. The number of ether oxygens (including phenoxy) is 1. The van der Waals surface area contributed by atoms with Gasteiger partial charge in [0.2, 0.25) is 11.8 Å². The number of carbonyl (C=O) groups excluding carboxylic acids is 2. The summed E-state index contributed by atoms with van der Waals surface area (Å²) in [6.07, 6.45) is 1.90. The second-order valence-electron chi connectivity index (χ2n) is 5.67. The maximum atomic E-state index is 12.3. The van der Waals surface area contributed by atoms with E-state index in [1.165, 1.54) is 6.92 Å². The van der Waals surface area contributed by atoms with Gasteiger partial charge in [-0.1, -0.05) is 11.6 Å². The zero-order valence-electron chi connectivity index (χ0n) is 13.4. The van der Waals surface area contributed by atoms with Crippen molar-refractivity contribution in [3.8, 4) is 5.75 Å². The SMILES string of the molecule is COc1ccc(Cl)cc1NC(=O)CN1CCCC(NC(C)=O)C1. The number of piperidine rings is 1. The van der Waals surface area contributed by atoms with Gasteiger partial charge in [0, 0.05) is 24.5 Å². The summed E-state index contributed by atoms with van der Waals surface area (Å²) in [7, 11) is 1.54. The molecule has 126 valence electrons. The van der Waals surface area contributed by atoms with Crippen molar-refractivity contribution < 1.29 is 14.3 Å². The van der Waals surface area contributed by atoms with Crippen LogP contribution in [0.25, 0.3) is 0 Å². The van der Waals surface area contributed by atoms with Gasteiger partial charge in [-0.15, -0.1) is 0 Å². The van der Waals surface area contributed by atoms with Gasteiger partial charge >= 0.3 is 0 Å². The maximum Gasteiger partial charge on any atom is 0.238 e. The number of likely N-dealkylation sites (tertiary alicyclic amines) is 1. The molecule has 0 radical (unpaired) electrons. The van der Waals surface area contributed by atoms with E-state index in [0.29, 0.717) is 23.0 Å². The fraction of sp³-hybridized carbons (Fsp3) is 0.500. The van der Waals surface area contributed by atoms with E-state index in [1.807, 2.05) is 4.90 Å². The molecule has 2 rings (SSSR count). The summed E-state index contributed by atoms with van der Waals surface area (Å²) in [5.41, 5.74) is 0.556. The smallest absolute Gasteiger partial charge is 0.238 e. The van der Waals surface area contributed by atoms with Crippen molar-refractivity contribution >= 4 is 29.1 Å². The number of hydrogen-bond donors (Lipinski definition) is 2. The van der Waals surface area contributed by atoms with Crippen LogP contribution >= 0.6 is 11.6 Å². The molecule has 1 heterocycles. The Bertz CT molecular complexity index is 580. The van der Waals surface area contributed by atoms with E-state index in [2.05, 4.69) is 10.6 Å². The molecule has 0 aromatic heterocycles. The lowest BCUT2D eigenvalue weighted by Crippen LogP contribution is -2.49. The molecule has 2 amide bonds. The summed E-state index contributed by atoms with van der Waals surface area (Å²) in [5.74, 6) is 0.400. The highest BCUT2D eigenvalue weighted by Crippen LogP contribution is 2.27. The topological polar surface area (TPSA) is 70.7 Å². The van der Waals surface area contributed by atoms with Crippen molar-refractivity contribution in [1.29, 1.82) is 0 Å². The van der Waals surface area contributed by atoms with Crippen LogP contribution in [-0.2, 0) is 9.59 Å². The van der Waals surface area contributed by atoms with E-state index in [0.717, 1.165) is 19.4 Å². The highest BCUT2D eigenvalue weighted by molar-refractivity contribution is 6.31. The molecule has 1 saturated heterocycles. The first-order valence-electron chi connectivity index (χ1n) is 7.61. The van der Waals surface area contributed by atoms with Crippen molar-refractivity contribution in [1.82, 2.24) is 10.2 Å². The first kappa shape index (κ1) is 17.6. The fourth-order valence-electron chi connectivity index (χ4n) is 2.78. The molecule has 6 nitrogen and oxygen atoms in total. The standard InChI is InChI=1S/C16H22ClN3O3/c1-11(21)18-13-4-3-7-20(9-13)10-16(22)19-14-8-12(17)5-6-15(14)23-2/h5-6,8,13H,3-4,7,9-10H2,1-2H3,(H,18,21)(H,19,22). The number of hydrogen-bond acceptors (Lipinski definition) is 4. The van der Waals surface area contributed by atoms with Crippen molar-refractivity contribution in [3.63, 3.8) is 0 Å². The van der Waals surface area contributed by atoms with Crippen LogP contribution in [0.15, 0.2) is 18.2 Å². The van der Waals surface area contributed by atoms with E-state index < -0.39 is 0 Å². The third-order valence-corrected chi connectivity index (χ3v) is 3.95. The Hall–Kier alpha value is -1.79. The van der Waals surface area contributed by atoms with Gasteiger partial charge in [-0.2, -0.15) is 0 Å². The predicted molar refractivity (Wildman–Crippen MR) is 89.9 cm³/mol. The van der Waals surface area contributed by atoms with E-state index in [1.54, 1.807) is 25.3 Å². The molecule has 1 fully saturated rings. The predicted octanol–water partition coefficient (Wildman–Crippen LogP) is 1.89. The lowest BCUT2D eigenvalue weighted by atomic mass is 10.1. The summed E-state index contributed by atoms with van der Waals surface area (Å²) >= 11 is 5.96. The van der Waals surface area contributed by atoms with Gasteiger partial charge < -0.3 is 15.4 Å². The monoisotopic (exact) mass is 339 g/mol. The molecule has 7 heteroatoms. The van der Waals surface area contributed by atoms with Gasteiger partial charge in [0.05, 0.1) is 19.3 Å². The number of methoxy groups -OCH3 is 1. The Morgan fingerprint density at radius 2 is 2.22 bits per heavy atom. The van der Waals surface area contributed by atoms with Crippen molar-refractivity contribution in [2.75, 3.05) is 32.1 Å². The number of benzene rings is 1. The Morgan fingerprint density at radius 3 is 2.91 bits per heavy atom. The fourth-order valence-corrected chi connectivity index (χ4v) is 2.95. The second-order valence-corrected chi connectivity index (χ2v) is 6.10. The van der Waals surface area contributed by atoms with Crippen LogP contribution in [0.3, 0.4) is 0 Å². The molecule has 1 unspecified atom stereocenters. The van der Waals surface area contributed by atoms with Crippen molar-refractivity contribution in [3.05, 3.63) is 23.2 Å². The molecule has 0 bridgehead atoms. The summed E-state index contributed by atoms with van der Waals surface area (Å²) < 4.78 is 5.22. The molecule has 0 aliphatic carbocycles. The van der Waals surface area contributed by atoms with Gasteiger partial charge in [-0.3, -0.25) is 14.5 Å². The Morgan fingerprint density at radius 1 is 1.43 bits per heavy atom. The third-order valence-electron chi connectivity index (χ3n) is 3.72. The van der Waals surface area contributed by atoms with E-state index >= 15 is 0 Å². The van der Waals surface area contributed by atoms with E-state index in [4.69, 9.17) is 16.3 Å². The minimum Gasteiger partial charge on any atom is -0.495 e. The number of nitrogens with zero attached hydrogens (tertiary/aromatic N) is 1. The summed E-state index contributed by atoms with van der Waals surface area (Å²) in [6, 6.07) is 5.19. The van der Waals surface area contributed by atoms with Gasteiger partial charge in [0.15, 0.2) is 0 Å². The first-order valence-corrected chi connectivity index (χ1v) is 7.98. The number of anilines is 1. The van der Waals surface area contributed by atoms with Gasteiger partial charge in [0.25, 0.3) is 0 Å². The molecule has 0 spiro atoms. The molecule has 1 aliphatic heterocycles. The molecule has 1 aromatic rings. The summed E-state index contributed by atoms with van der Waals surface area (Å²) in [5, 5.41) is 6.27. The van der Waals surface area contributed by atoms with Crippen LogP contribution in [0, 0.1) is 0 Å². The van der Waals surface area contributed by atoms with Crippen molar-refractivity contribution in [2.45, 2.75) is 25.8 Å². The maximum absolute atomic E-state index is 12.3. The van der Waals surface area contributed by atoms with Crippen molar-refractivity contribution in [2.24, 2.45) is 0 Å². The van der Waals surface area contributed by atoms with Crippen LogP contribution < -0.4 is 15.4 Å². The molecule has 2 N–H and O–H groups in total. The highest BCUT2D eigenvalue weighted by Gasteiger charge is 2.22. The zero-order chi connectivity index (χ0) is 16.8. The van der Waals surface area contributed by atoms with Crippen LogP contribution in [0.5, 0.6) is 5.75 Å². The van der Waals surface area contributed by atoms with Gasteiger partial charge in [-0.25, -0.2) is 0 Å². The van der Waals surface area contributed by atoms with Crippen LogP contribution in [-0.4, -0.2) is 49.5 Å². The summed E-state index contributed by atoms with van der Waals surface area (Å²) in [4.78, 5) is 25.4.